The number of nitrogens with zero attached hydrogens (tertiary/aromatic N) is 2. The molecule has 1 aromatic carbocycles. The summed E-state index contributed by atoms with van der Waals surface area (Å²) in [5.74, 6) is -1.11. The molecule has 1 aliphatic heterocycles. The van der Waals surface area contributed by atoms with Gasteiger partial charge in [-0.2, -0.15) is 13.2 Å². The summed E-state index contributed by atoms with van der Waals surface area (Å²) in [6.45, 7) is 0. The Hall–Kier alpha value is -2.84. The van der Waals surface area contributed by atoms with Crippen LogP contribution in [0.25, 0.3) is 11.3 Å². The first-order valence-electron chi connectivity index (χ1n) is 7.00. The van der Waals surface area contributed by atoms with Crippen molar-refractivity contribution in [2.45, 2.75) is 25.1 Å². The lowest BCUT2D eigenvalue weighted by molar-refractivity contribution is -0.137. The summed E-state index contributed by atoms with van der Waals surface area (Å²) in [5.41, 5.74) is 4.34. The molecule has 1 atom stereocenters. The minimum atomic E-state index is -4.63. The highest BCUT2D eigenvalue weighted by molar-refractivity contribution is 6.03. The van der Waals surface area contributed by atoms with E-state index in [1.165, 1.54) is 12.3 Å². The van der Waals surface area contributed by atoms with E-state index in [4.69, 9.17) is 10.2 Å². The van der Waals surface area contributed by atoms with Crippen molar-refractivity contribution in [3.63, 3.8) is 0 Å². The van der Waals surface area contributed by atoms with Gasteiger partial charge < -0.3 is 10.2 Å². The molecular formula is C15H12F3N3O3. The van der Waals surface area contributed by atoms with Gasteiger partial charge in [0.1, 0.15) is 6.04 Å². The van der Waals surface area contributed by atoms with Gasteiger partial charge in [-0.25, -0.2) is 4.98 Å². The Morgan fingerprint density at radius 3 is 2.67 bits per heavy atom. The van der Waals surface area contributed by atoms with Gasteiger partial charge in [0.15, 0.2) is 12.2 Å². The number of hydrogen-bond acceptors (Lipinski definition) is 4. The predicted octanol–water partition coefficient (Wildman–Crippen LogP) is 2.34. The molecule has 2 aromatic rings. The zero-order valence-corrected chi connectivity index (χ0v) is 12.2. The molecule has 3 rings (SSSR count). The van der Waals surface area contributed by atoms with E-state index in [0.717, 1.165) is 23.4 Å². The molecule has 9 heteroatoms. The van der Waals surface area contributed by atoms with Crippen LogP contribution in [0.15, 0.2) is 35.2 Å². The Labute approximate surface area is 134 Å². The zero-order chi connectivity index (χ0) is 17.5. The Morgan fingerprint density at radius 2 is 2.08 bits per heavy atom. The number of aromatic nitrogens is 1. The van der Waals surface area contributed by atoms with Crippen LogP contribution in [-0.4, -0.2) is 22.8 Å². The first-order chi connectivity index (χ1) is 11.3. The van der Waals surface area contributed by atoms with Crippen LogP contribution < -0.4 is 10.6 Å². The highest BCUT2D eigenvalue weighted by atomic mass is 19.4. The van der Waals surface area contributed by atoms with Crippen molar-refractivity contribution < 1.29 is 27.2 Å². The molecule has 0 spiro atoms. The fourth-order valence-electron chi connectivity index (χ4n) is 2.69. The van der Waals surface area contributed by atoms with Crippen molar-refractivity contribution in [1.29, 1.82) is 0 Å². The predicted molar refractivity (Wildman–Crippen MR) is 76.6 cm³/mol. The third kappa shape index (κ3) is 2.84. The average Bonchev–Trinajstić information content (AvgIpc) is 3.15. The first-order valence-corrected chi connectivity index (χ1v) is 7.00. The number of anilines is 1. The number of oxazole rings is 1. The van der Waals surface area contributed by atoms with Gasteiger partial charge in [-0.05, 0) is 24.6 Å². The van der Waals surface area contributed by atoms with Gasteiger partial charge in [-0.1, -0.05) is 0 Å². The van der Waals surface area contributed by atoms with Crippen LogP contribution in [0.4, 0.5) is 18.9 Å². The summed E-state index contributed by atoms with van der Waals surface area (Å²) in [4.78, 5) is 28.2. The lowest BCUT2D eigenvalue weighted by Gasteiger charge is -2.24. The molecule has 1 aliphatic rings. The number of carbonyl (C=O) groups is 2. The van der Waals surface area contributed by atoms with E-state index in [0.29, 0.717) is 0 Å². The van der Waals surface area contributed by atoms with Gasteiger partial charge in [0.2, 0.25) is 11.8 Å². The number of primary amides is 1. The highest BCUT2D eigenvalue weighted by Crippen LogP contribution is 2.37. The van der Waals surface area contributed by atoms with Crippen molar-refractivity contribution in [2.75, 3.05) is 4.90 Å². The maximum Gasteiger partial charge on any atom is 0.416 e. The maximum absolute atomic E-state index is 13.2. The van der Waals surface area contributed by atoms with E-state index in [1.54, 1.807) is 0 Å². The standard InChI is InChI=1S/C15H12F3N3O3/c16-15(17,18)9-3-8(12-6-20-7-24-12)4-10(5-9)21-11(14(19)23)1-2-13(21)22/h3-7,11H,1-2H2,(H2,19,23)/t11-/m0/s1. The van der Waals surface area contributed by atoms with Crippen LogP contribution >= 0.6 is 0 Å². The molecule has 126 valence electrons. The summed E-state index contributed by atoms with van der Waals surface area (Å²) in [5, 5.41) is 0. The number of nitrogens with two attached hydrogens (primary N) is 1. The molecule has 0 aliphatic carbocycles. The minimum absolute atomic E-state index is 0.0431. The molecule has 1 saturated heterocycles. The summed E-state index contributed by atoms with van der Waals surface area (Å²) in [6.07, 6.45) is -2.07. The molecule has 1 aromatic heterocycles. The van der Waals surface area contributed by atoms with Crippen molar-refractivity contribution >= 4 is 17.5 Å². The number of amides is 2. The molecule has 0 saturated carbocycles. The van der Waals surface area contributed by atoms with E-state index < -0.39 is 29.6 Å². The van der Waals surface area contributed by atoms with E-state index in [-0.39, 0.29) is 29.9 Å². The first kappa shape index (κ1) is 16.0. The van der Waals surface area contributed by atoms with Gasteiger partial charge in [0.25, 0.3) is 0 Å². The number of halogens is 3. The quantitative estimate of drug-likeness (QED) is 0.929. The van der Waals surface area contributed by atoms with Crippen LogP contribution in [0.1, 0.15) is 18.4 Å². The number of carbonyl (C=O) groups excluding carboxylic acids is 2. The summed E-state index contributed by atoms with van der Waals surface area (Å²) < 4.78 is 44.6. The van der Waals surface area contributed by atoms with Crippen LogP contribution in [0, 0.1) is 0 Å². The van der Waals surface area contributed by atoms with E-state index in [1.807, 2.05) is 0 Å². The molecule has 1 fully saturated rings. The van der Waals surface area contributed by atoms with Crippen LogP contribution in [0.3, 0.4) is 0 Å². The van der Waals surface area contributed by atoms with Crippen LogP contribution in [-0.2, 0) is 15.8 Å². The topological polar surface area (TPSA) is 89.4 Å². The third-order valence-corrected chi connectivity index (χ3v) is 3.78. The lowest BCUT2D eigenvalue weighted by Crippen LogP contribution is -2.42. The fourth-order valence-corrected chi connectivity index (χ4v) is 2.69. The smallest absolute Gasteiger partial charge is 0.416 e. The molecule has 24 heavy (non-hydrogen) atoms. The largest absolute Gasteiger partial charge is 0.444 e. The maximum atomic E-state index is 13.2. The van der Waals surface area contributed by atoms with Crippen molar-refractivity contribution in [3.8, 4) is 11.3 Å². The fraction of sp³-hybridized carbons (Fsp3) is 0.267. The van der Waals surface area contributed by atoms with Gasteiger partial charge in [-0.15, -0.1) is 0 Å². The second kappa shape index (κ2) is 5.66. The second-order valence-electron chi connectivity index (χ2n) is 5.35. The Morgan fingerprint density at radius 1 is 1.33 bits per heavy atom. The third-order valence-electron chi connectivity index (χ3n) is 3.78. The summed E-state index contributed by atoms with van der Waals surface area (Å²) in [7, 11) is 0. The molecule has 2 amide bonds. The Balaban J connectivity index is 2.15. The number of alkyl halides is 3. The van der Waals surface area contributed by atoms with Gasteiger partial charge >= 0.3 is 6.18 Å². The Kier molecular flexibility index (Phi) is 3.78. The number of benzene rings is 1. The second-order valence-corrected chi connectivity index (χ2v) is 5.35. The SMILES string of the molecule is NC(=O)[C@@H]1CCC(=O)N1c1cc(-c2cnco2)cc(C(F)(F)F)c1. The summed E-state index contributed by atoms with van der Waals surface area (Å²) >= 11 is 0. The van der Waals surface area contributed by atoms with Crippen molar-refractivity contribution in [1.82, 2.24) is 4.98 Å². The Bertz CT molecular complexity index is 787. The van der Waals surface area contributed by atoms with Gasteiger partial charge in [-0.3, -0.25) is 14.5 Å². The lowest BCUT2D eigenvalue weighted by atomic mass is 10.1. The molecular weight excluding hydrogens is 327 g/mol. The van der Waals surface area contributed by atoms with E-state index in [9.17, 15) is 22.8 Å². The van der Waals surface area contributed by atoms with Crippen LogP contribution in [0.5, 0.6) is 0 Å². The van der Waals surface area contributed by atoms with Crippen LogP contribution in [0.2, 0.25) is 0 Å². The molecule has 2 heterocycles. The summed E-state index contributed by atoms with van der Waals surface area (Å²) in [6, 6.07) is 2.08. The highest BCUT2D eigenvalue weighted by Gasteiger charge is 2.38. The molecule has 2 N–H and O–H groups in total. The van der Waals surface area contributed by atoms with E-state index >= 15 is 0 Å². The van der Waals surface area contributed by atoms with E-state index in [2.05, 4.69) is 4.98 Å². The van der Waals surface area contributed by atoms with Gasteiger partial charge in [0, 0.05) is 17.7 Å². The van der Waals surface area contributed by atoms with Crippen molar-refractivity contribution in [3.05, 3.63) is 36.4 Å². The minimum Gasteiger partial charge on any atom is -0.444 e. The molecule has 0 bridgehead atoms. The normalized spacial score (nSPS) is 18.2. The average molecular weight is 339 g/mol. The van der Waals surface area contributed by atoms with Crippen molar-refractivity contribution in [2.24, 2.45) is 5.73 Å². The zero-order valence-electron chi connectivity index (χ0n) is 12.2. The number of hydrogen-bond donors (Lipinski definition) is 1. The molecule has 0 radical (unpaired) electrons. The molecule has 0 unspecified atom stereocenters. The monoisotopic (exact) mass is 339 g/mol. The van der Waals surface area contributed by atoms with Gasteiger partial charge in [0.05, 0.1) is 11.8 Å². The number of rotatable bonds is 3. The molecule has 6 nitrogen and oxygen atoms in total.